The standard InChI is InChI=1S/C21H24S2/c1-5-16-11-14(3)7-9-18(16)20(22)13-21(23)19-10-8-15(4)12-17(19)6-2/h7-12H,5-6,13H2,1-4H3. The molecule has 0 unspecified atom stereocenters. The van der Waals surface area contributed by atoms with Gasteiger partial charge in [-0.2, -0.15) is 0 Å². The molecule has 0 bridgehead atoms. The Morgan fingerprint density at radius 1 is 0.739 bits per heavy atom. The molecule has 0 nitrogen and oxygen atoms in total. The number of benzene rings is 2. The van der Waals surface area contributed by atoms with Gasteiger partial charge in [-0.1, -0.05) is 85.8 Å². The maximum Gasteiger partial charge on any atom is 0.0279 e. The lowest BCUT2D eigenvalue weighted by molar-refractivity contribution is 1.12. The van der Waals surface area contributed by atoms with E-state index in [4.69, 9.17) is 24.4 Å². The van der Waals surface area contributed by atoms with E-state index in [-0.39, 0.29) is 0 Å². The van der Waals surface area contributed by atoms with Crippen LogP contribution in [0.5, 0.6) is 0 Å². The maximum atomic E-state index is 5.71. The molecule has 0 spiro atoms. The van der Waals surface area contributed by atoms with Crippen LogP contribution in [-0.2, 0) is 12.8 Å². The van der Waals surface area contributed by atoms with Gasteiger partial charge in [-0.05, 0) is 48.9 Å². The van der Waals surface area contributed by atoms with Crippen LogP contribution in [0, 0.1) is 13.8 Å². The van der Waals surface area contributed by atoms with Gasteiger partial charge in [0.1, 0.15) is 0 Å². The molecule has 0 aliphatic carbocycles. The van der Waals surface area contributed by atoms with Crippen LogP contribution in [0.15, 0.2) is 36.4 Å². The normalized spacial score (nSPS) is 10.6. The summed E-state index contributed by atoms with van der Waals surface area (Å²) in [5.74, 6) is 0. The number of hydrogen-bond acceptors (Lipinski definition) is 2. The van der Waals surface area contributed by atoms with Crippen molar-refractivity contribution in [2.75, 3.05) is 0 Å². The Kier molecular flexibility index (Phi) is 6.20. The summed E-state index contributed by atoms with van der Waals surface area (Å²) in [5.41, 5.74) is 7.56. The Morgan fingerprint density at radius 3 is 1.48 bits per heavy atom. The van der Waals surface area contributed by atoms with E-state index in [9.17, 15) is 0 Å². The molecule has 0 saturated heterocycles. The molecule has 23 heavy (non-hydrogen) atoms. The Bertz CT molecular complexity index is 678. The van der Waals surface area contributed by atoms with Crippen LogP contribution < -0.4 is 0 Å². The first-order valence-corrected chi connectivity index (χ1v) is 9.03. The van der Waals surface area contributed by atoms with Gasteiger partial charge in [-0.15, -0.1) is 0 Å². The molecule has 0 amide bonds. The van der Waals surface area contributed by atoms with Crippen molar-refractivity contribution in [1.82, 2.24) is 0 Å². The van der Waals surface area contributed by atoms with Gasteiger partial charge in [-0.25, -0.2) is 0 Å². The van der Waals surface area contributed by atoms with Crippen molar-refractivity contribution in [2.24, 2.45) is 0 Å². The molecule has 0 aliphatic heterocycles. The number of thiocarbonyl (C=S) groups is 2. The highest BCUT2D eigenvalue weighted by molar-refractivity contribution is 7.82. The highest BCUT2D eigenvalue weighted by Gasteiger charge is 2.13. The molecule has 120 valence electrons. The summed E-state index contributed by atoms with van der Waals surface area (Å²) in [4.78, 5) is 1.91. The minimum atomic E-state index is 0.677. The first-order chi connectivity index (χ1) is 11.0. The fourth-order valence-corrected chi connectivity index (χ4v) is 3.69. The van der Waals surface area contributed by atoms with E-state index in [2.05, 4.69) is 64.1 Å². The number of rotatable bonds is 6. The molecule has 2 heteroatoms. The third-order valence-electron chi connectivity index (χ3n) is 4.21. The Hall–Kier alpha value is -1.38. The van der Waals surface area contributed by atoms with Gasteiger partial charge < -0.3 is 0 Å². The predicted molar refractivity (Wildman–Crippen MR) is 109 cm³/mol. The average Bonchev–Trinajstić information content (AvgIpc) is 2.54. The van der Waals surface area contributed by atoms with Gasteiger partial charge in [0.25, 0.3) is 0 Å². The lowest BCUT2D eigenvalue weighted by Gasteiger charge is -2.14. The molecule has 0 fully saturated rings. The van der Waals surface area contributed by atoms with Gasteiger partial charge >= 0.3 is 0 Å². The third-order valence-corrected chi connectivity index (χ3v) is 4.93. The highest BCUT2D eigenvalue weighted by Crippen LogP contribution is 2.20. The predicted octanol–water partition coefficient (Wildman–Crippen LogP) is 5.95. The second-order valence-corrected chi connectivity index (χ2v) is 7.04. The summed E-state index contributed by atoms with van der Waals surface area (Å²) in [7, 11) is 0. The first kappa shape index (κ1) is 18.0. The van der Waals surface area contributed by atoms with Crippen molar-refractivity contribution in [1.29, 1.82) is 0 Å². The maximum absolute atomic E-state index is 5.71. The topological polar surface area (TPSA) is 0 Å². The van der Waals surface area contributed by atoms with Crippen molar-refractivity contribution < 1.29 is 0 Å². The summed E-state index contributed by atoms with van der Waals surface area (Å²) in [6.07, 6.45) is 2.67. The fraction of sp³-hybridized carbons (Fsp3) is 0.333. The van der Waals surface area contributed by atoms with Gasteiger partial charge in [-0.3, -0.25) is 0 Å². The van der Waals surface area contributed by atoms with E-state index in [1.165, 1.54) is 33.4 Å². The Labute approximate surface area is 150 Å². The first-order valence-electron chi connectivity index (χ1n) is 8.21. The van der Waals surface area contributed by atoms with E-state index in [1.807, 2.05) is 0 Å². The zero-order valence-electron chi connectivity index (χ0n) is 14.4. The van der Waals surface area contributed by atoms with Crippen LogP contribution in [0.4, 0.5) is 0 Å². The molecule has 0 radical (unpaired) electrons. The van der Waals surface area contributed by atoms with Crippen molar-refractivity contribution >= 4 is 34.2 Å². The Morgan fingerprint density at radius 2 is 1.13 bits per heavy atom. The van der Waals surface area contributed by atoms with E-state index in [0.29, 0.717) is 6.42 Å². The fourth-order valence-electron chi connectivity index (χ4n) is 2.91. The molecule has 0 N–H and O–H groups in total. The molecule has 0 heterocycles. The van der Waals surface area contributed by atoms with Crippen LogP contribution in [0.2, 0.25) is 0 Å². The second kappa shape index (κ2) is 7.94. The average molecular weight is 341 g/mol. The van der Waals surface area contributed by atoms with Gasteiger partial charge in [0.05, 0.1) is 0 Å². The summed E-state index contributed by atoms with van der Waals surface area (Å²) in [6, 6.07) is 13.0. The molecule has 0 aliphatic rings. The van der Waals surface area contributed by atoms with E-state index in [0.717, 1.165) is 22.6 Å². The third kappa shape index (κ3) is 4.33. The molecular weight excluding hydrogens is 316 g/mol. The zero-order valence-corrected chi connectivity index (χ0v) is 16.0. The van der Waals surface area contributed by atoms with Crippen molar-refractivity contribution in [3.63, 3.8) is 0 Å². The van der Waals surface area contributed by atoms with E-state index < -0.39 is 0 Å². The van der Waals surface area contributed by atoms with Gasteiger partial charge in [0.2, 0.25) is 0 Å². The molecule has 2 rings (SSSR count). The summed E-state index contributed by atoms with van der Waals surface area (Å²) >= 11 is 11.4. The summed E-state index contributed by atoms with van der Waals surface area (Å²) < 4.78 is 0. The monoisotopic (exact) mass is 340 g/mol. The van der Waals surface area contributed by atoms with Gasteiger partial charge in [0.15, 0.2) is 0 Å². The number of aryl methyl sites for hydroxylation is 4. The number of hydrogen-bond donors (Lipinski definition) is 0. The largest absolute Gasteiger partial charge is 0.0839 e. The summed E-state index contributed by atoms with van der Waals surface area (Å²) in [5, 5.41) is 0. The molecule has 0 aromatic heterocycles. The molecule has 0 saturated carbocycles. The van der Waals surface area contributed by atoms with E-state index in [1.54, 1.807) is 0 Å². The molecular formula is C21H24S2. The Balaban J connectivity index is 2.25. The van der Waals surface area contributed by atoms with Crippen molar-refractivity contribution in [2.45, 2.75) is 47.0 Å². The SMILES string of the molecule is CCc1cc(C)ccc1C(=S)CC(=S)c1ccc(C)cc1CC. The van der Waals surface area contributed by atoms with Crippen LogP contribution in [0.1, 0.15) is 53.6 Å². The van der Waals surface area contributed by atoms with Crippen LogP contribution in [0.3, 0.4) is 0 Å². The minimum Gasteiger partial charge on any atom is -0.0839 e. The lowest BCUT2D eigenvalue weighted by atomic mass is 9.94. The zero-order chi connectivity index (χ0) is 17.0. The van der Waals surface area contributed by atoms with Crippen LogP contribution in [-0.4, -0.2) is 9.73 Å². The lowest BCUT2D eigenvalue weighted by Crippen LogP contribution is -2.11. The van der Waals surface area contributed by atoms with E-state index >= 15 is 0 Å². The minimum absolute atomic E-state index is 0.677. The quantitative estimate of drug-likeness (QED) is 0.470. The van der Waals surface area contributed by atoms with Crippen molar-refractivity contribution in [3.05, 3.63) is 69.8 Å². The summed E-state index contributed by atoms with van der Waals surface area (Å²) in [6.45, 7) is 8.59. The molecule has 2 aromatic rings. The van der Waals surface area contributed by atoms with Crippen LogP contribution >= 0.6 is 24.4 Å². The molecule has 2 aromatic carbocycles. The van der Waals surface area contributed by atoms with Crippen LogP contribution in [0.25, 0.3) is 0 Å². The molecule has 0 atom stereocenters. The second-order valence-electron chi connectivity index (χ2n) is 6.05. The van der Waals surface area contributed by atoms with Crippen molar-refractivity contribution in [3.8, 4) is 0 Å². The smallest absolute Gasteiger partial charge is 0.0279 e. The highest BCUT2D eigenvalue weighted by atomic mass is 32.1. The van der Waals surface area contributed by atoms with Gasteiger partial charge in [0, 0.05) is 16.1 Å².